The summed E-state index contributed by atoms with van der Waals surface area (Å²) < 4.78 is 0.995. The molecule has 1 atom stereocenters. The first-order chi connectivity index (χ1) is 8.09. The molecule has 0 aromatic heterocycles. The first-order valence-electron chi connectivity index (χ1n) is 5.78. The van der Waals surface area contributed by atoms with Gasteiger partial charge in [-0.15, -0.1) is 11.6 Å². The summed E-state index contributed by atoms with van der Waals surface area (Å²) in [6, 6.07) is 5.83. The van der Waals surface area contributed by atoms with Gasteiger partial charge in [-0.25, -0.2) is 0 Å². The third kappa shape index (κ3) is 2.83. The third-order valence-electron chi connectivity index (χ3n) is 3.12. The largest absolute Gasteiger partial charge is 0.341 e. The summed E-state index contributed by atoms with van der Waals surface area (Å²) in [5, 5.41) is -0.565. The highest BCUT2D eigenvalue weighted by molar-refractivity contribution is 9.10. The molecule has 1 saturated heterocycles. The fraction of sp³-hybridized carbons (Fsp3) is 0.462. The molecule has 1 unspecified atom stereocenters. The smallest absolute Gasteiger partial charge is 0.245 e. The van der Waals surface area contributed by atoms with Crippen molar-refractivity contribution in [1.82, 2.24) is 4.90 Å². The van der Waals surface area contributed by atoms with Gasteiger partial charge >= 0.3 is 0 Å². The number of halogens is 2. The Hall–Kier alpha value is -0.540. The number of likely N-dealkylation sites (tertiary alicyclic amines) is 1. The highest BCUT2D eigenvalue weighted by Crippen LogP contribution is 2.28. The molecule has 17 heavy (non-hydrogen) atoms. The summed E-state index contributed by atoms with van der Waals surface area (Å²) in [6.07, 6.45) is 2.18. The van der Waals surface area contributed by atoms with Gasteiger partial charge in [0.1, 0.15) is 5.38 Å². The van der Waals surface area contributed by atoms with E-state index < -0.39 is 5.38 Å². The summed E-state index contributed by atoms with van der Waals surface area (Å²) in [4.78, 5) is 14.0. The van der Waals surface area contributed by atoms with Crippen LogP contribution in [0, 0.1) is 6.92 Å². The predicted octanol–water partition coefficient (Wildman–Crippen LogP) is 3.66. The van der Waals surface area contributed by atoms with Crippen LogP contribution < -0.4 is 0 Å². The normalized spacial score (nSPS) is 17.2. The summed E-state index contributed by atoms with van der Waals surface area (Å²) in [7, 11) is 0. The molecule has 92 valence electrons. The molecule has 0 spiro atoms. The summed E-state index contributed by atoms with van der Waals surface area (Å²) >= 11 is 9.71. The number of hydrogen-bond acceptors (Lipinski definition) is 1. The van der Waals surface area contributed by atoms with Gasteiger partial charge in [0.2, 0.25) is 5.91 Å². The van der Waals surface area contributed by atoms with Crippen LogP contribution >= 0.6 is 27.5 Å². The van der Waals surface area contributed by atoms with Crippen LogP contribution in [-0.4, -0.2) is 23.9 Å². The molecule has 1 aliphatic rings. The lowest BCUT2D eigenvalue weighted by atomic mass is 10.1. The van der Waals surface area contributed by atoms with E-state index in [4.69, 9.17) is 11.6 Å². The molecular weight excluding hydrogens is 302 g/mol. The predicted molar refractivity (Wildman–Crippen MR) is 73.3 cm³/mol. The number of benzene rings is 1. The Balaban J connectivity index is 2.15. The first-order valence-corrected chi connectivity index (χ1v) is 7.01. The molecule has 0 radical (unpaired) electrons. The van der Waals surface area contributed by atoms with Gasteiger partial charge in [-0.05, 0) is 37.0 Å². The van der Waals surface area contributed by atoms with Gasteiger partial charge in [-0.2, -0.15) is 0 Å². The SMILES string of the molecule is Cc1ccc(C(Cl)C(=O)N2CCCC2)cc1Br. The van der Waals surface area contributed by atoms with Crippen molar-refractivity contribution >= 4 is 33.4 Å². The standard InChI is InChI=1S/C13H15BrClNO/c1-9-4-5-10(8-11(9)14)12(15)13(17)16-6-2-3-7-16/h4-5,8,12H,2-3,6-7H2,1H3. The number of amides is 1. The Labute approximate surface area is 115 Å². The zero-order chi connectivity index (χ0) is 12.4. The Bertz CT molecular complexity index is 429. The van der Waals surface area contributed by atoms with Crippen molar-refractivity contribution in [3.63, 3.8) is 0 Å². The van der Waals surface area contributed by atoms with Gasteiger partial charge in [0.25, 0.3) is 0 Å². The minimum atomic E-state index is -0.565. The van der Waals surface area contributed by atoms with E-state index in [2.05, 4.69) is 15.9 Å². The molecule has 2 nitrogen and oxygen atoms in total. The molecular formula is C13H15BrClNO. The van der Waals surface area contributed by atoms with Crippen molar-refractivity contribution in [1.29, 1.82) is 0 Å². The van der Waals surface area contributed by atoms with Gasteiger partial charge in [-0.3, -0.25) is 4.79 Å². The quantitative estimate of drug-likeness (QED) is 0.763. The second kappa shape index (κ2) is 5.40. The van der Waals surface area contributed by atoms with Gasteiger partial charge in [0.15, 0.2) is 0 Å². The number of carbonyl (C=O) groups is 1. The maximum absolute atomic E-state index is 12.1. The topological polar surface area (TPSA) is 20.3 Å². The number of nitrogens with zero attached hydrogens (tertiary/aromatic N) is 1. The molecule has 0 aliphatic carbocycles. The van der Waals surface area contributed by atoms with E-state index in [1.165, 1.54) is 0 Å². The summed E-state index contributed by atoms with van der Waals surface area (Å²) in [6.45, 7) is 3.70. The zero-order valence-electron chi connectivity index (χ0n) is 9.75. The van der Waals surface area contributed by atoms with Crippen LogP contribution in [-0.2, 0) is 4.79 Å². The summed E-state index contributed by atoms with van der Waals surface area (Å²) in [5.41, 5.74) is 2.01. The molecule has 1 aliphatic heterocycles. The monoisotopic (exact) mass is 315 g/mol. The highest BCUT2D eigenvalue weighted by atomic mass is 79.9. The van der Waals surface area contributed by atoms with E-state index in [0.717, 1.165) is 41.5 Å². The lowest BCUT2D eigenvalue weighted by molar-refractivity contribution is -0.129. The fourth-order valence-electron chi connectivity index (χ4n) is 2.01. The van der Waals surface area contributed by atoms with Gasteiger partial charge < -0.3 is 4.90 Å². The summed E-state index contributed by atoms with van der Waals surface area (Å²) in [5.74, 6) is 0.0277. The maximum atomic E-state index is 12.1. The number of aryl methyl sites for hydroxylation is 1. The lowest BCUT2D eigenvalue weighted by Crippen LogP contribution is -2.30. The number of carbonyl (C=O) groups excluding carboxylic acids is 1. The van der Waals surface area contributed by atoms with Crippen LogP contribution in [0.3, 0.4) is 0 Å². The average molecular weight is 317 g/mol. The maximum Gasteiger partial charge on any atom is 0.245 e. The van der Waals surface area contributed by atoms with Crippen molar-refractivity contribution < 1.29 is 4.79 Å². The number of hydrogen-bond donors (Lipinski definition) is 0. The lowest BCUT2D eigenvalue weighted by Gasteiger charge is -2.19. The van der Waals surface area contributed by atoms with Crippen molar-refractivity contribution in [3.8, 4) is 0 Å². The van der Waals surface area contributed by atoms with Crippen molar-refractivity contribution in [3.05, 3.63) is 33.8 Å². The van der Waals surface area contributed by atoms with E-state index >= 15 is 0 Å². The average Bonchev–Trinajstić information content (AvgIpc) is 2.84. The van der Waals surface area contributed by atoms with E-state index in [-0.39, 0.29) is 5.91 Å². The number of rotatable bonds is 2. The van der Waals surface area contributed by atoms with Crippen LogP contribution in [0.15, 0.2) is 22.7 Å². The van der Waals surface area contributed by atoms with Crippen LogP contribution in [0.4, 0.5) is 0 Å². The molecule has 0 N–H and O–H groups in total. The van der Waals surface area contributed by atoms with Crippen LogP contribution in [0.25, 0.3) is 0 Å². The fourth-order valence-corrected chi connectivity index (χ4v) is 2.68. The van der Waals surface area contributed by atoms with Gasteiger partial charge in [0, 0.05) is 17.6 Å². The van der Waals surface area contributed by atoms with Crippen molar-refractivity contribution in [2.75, 3.05) is 13.1 Å². The van der Waals surface area contributed by atoms with Crippen LogP contribution in [0.5, 0.6) is 0 Å². The van der Waals surface area contributed by atoms with E-state index in [0.29, 0.717) is 0 Å². The molecule has 0 bridgehead atoms. The van der Waals surface area contributed by atoms with Crippen LogP contribution in [0.1, 0.15) is 29.3 Å². The van der Waals surface area contributed by atoms with Crippen LogP contribution in [0.2, 0.25) is 0 Å². The molecule has 1 fully saturated rings. The molecule has 1 aromatic rings. The minimum absolute atomic E-state index is 0.0277. The Morgan fingerprint density at radius 3 is 2.65 bits per heavy atom. The Morgan fingerprint density at radius 2 is 2.06 bits per heavy atom. The second-order valence-electron chi connectivity index (χ2n) is 4.40. The zero-order valence-corrected chi connectivity index (χ0v) is 12.1. The highest BCUT2D eigenvalue weighted by Gasteiger charge is 2.26. The Morgan fingerprint density at radius 1 is 1.41 bits per heavy atom. The number of alkyl halides is 1. The third-order valence-corrected chi connectivity index (χ3v) is 4.42. The van der Waals surface area contributed by atoms with Gasteiger partial charge in [-0.1, -0.05) is 28.1 Å². The van der Waals surface area contributed by atoms with Gasteiger partial charge in [0.05, 0.1) is 0 Å². The molecule has 0 saturated carbocycles. The minimum Gasteiger partial charge on any atom is -0.341 e. The van der Waals surface area contributed by atoms with Crippen molar-refractivity contribution in [2.24, 2.45) is 0 Å². The molecule has 1 aromatic carbocycles. The van der Waals surface area contributed by atoms with Crippen molar-refractivity contribution in [2.45, 2.75) is 25.1 Å². The second-order valence-corrected chi connectivity index (χ2v) is 5.69. The first kappa shape index (κ1) is 12.9. The molecule has 1 heterocycles. The Kier molecular flexibility index (Phi) is 4.10. The molecule has 4 heteroatoms. The van der Waals surface area contributed by atoms with E-state index in [9.17, 15) is 4.79 Å². The molecule has 2 rings (SSSR count). The van der Waals surface area contributed by atoms with E-state index in [1.807, 2.05) is 30.0 Å². The van der Waals surface area contributed by atoms with E-state index in [1.54, 1.807) is 0 Å². The molecule has 1 amide bonds.